The van der Waals surface area contributed by atoms with Gasteiger partial charge in [0.2, 0.25) is 5.91 Å². The van der Waals surface area contributed by atoms with Gasteiger partial charge in [0.05, 0.1) is 17.0 Å². The first kappa shape index (κ1) is 22.3. The lowest BCUT2D eigenvalue weighted by molar-refractivity contribution is -0.385. The van der Waals surface area contributed by atoms with Crippen LogP contribution in [0.1, 0.15) is 50.5 Å². The quantitative estimate of drug-likeness (QED) is 0.366. The Balaban J connectivity index is 1.15. The van der Waals surface area contributed by atoms with E-state index >= 15 is 0 Å². The van der Waals surface area contributed by atoms with Crippen molar-refractivity contribution in [3.63, 3.8) is 0 Å². The molecule has 1 aromatic carbocycles. The molecule has 0 saturated heterocycles. The zero-order valence-corrected chi connectivity index (χ0v) is 20.0. The Labute approximate surface area is 207 Å². The molecule has 7 rings (SSSR count). The number of anilines is 1. The molecule has 4 bridgehead atoms. The molecular weight excluding hydrogens is 468 g/mol. The van der Waals surface area contributed by atoms with Crippen LogP contribution in [-0.2, 0) is 16.9 Å². The number of nitrogens with one attached hydrogen (secondary N) is 1. The minimum atomic E-state index is -0.390. The van der Waals surface area contributed by atoms with Crippen LogP contribution in [0.5, 0.6) is 0 Å². The number of carbonyl (C=O) groups is 1. The molecule has 35 heavy (non-hydrogen) atoms. The number of hydrogen-bond donors (Lipinski definition) is 1. The summed E-state index contributed by atoms with van der Waals surface area (Å²) in [5.74, 6) is 1.59. The lowest BCUT2D eigenvalue weighted by Crippen LogP contribution is -2.57. The molecule has 2 aromatic heterocycles. The molecular formula is C25H27ClN6O3. The summed E-state index contributed by atoms with van der Waals surface area (Å²) in [6.45, 7) is 0.596. The summed E-state index contributed by atoms with van der Waals surface area (Å²) in [6, 6.07) is 9.43. The molecule has 2 unspecified atom stereocenters. The third-order valence-electron chi connectivity index (χ3n) is 8.12. The van der Waals surface area contributed by atoms with Crippen molar-refractivity contribution in [3.8, 4) is 0 Å². The van der Waals surface area contributed by atoms with Gasteiger partial charge in [-0.1, -0.05) is 23.7 Å². The highest BCUT2D eigenvalue weighted by Crippen LogP contribution is 2.65. The second kappa shape index (κ2) is 8.19. The molecule has 1 N–H and O–H groups in total. The summed E-state index contributed by atoms with van der Waals surface area (Å²) >= 11 is 5.96. The normalized spacial score (nSPS) is 28.8. The van der Waals surface area contributed by atoms with Gasteiger partial charge in [-0.3, -0.25) is 24.3 Å². The maximum Gasteiger partial charge on any atom is 0.307 e. The predicted molar refractivity (Wildman–Crippen MR) is 130 cm³/mol. The number of amides is 1. The predicted octanol–water partition coefficient (Wildman–Crippen LogP) is 5.01. The monoisotopic (exact) mass is 494 g/mol. The maximum absolute atomic E-state index is 13.1. The van der Waals surface area contributed by atoms with Crippen molar-refractivity contribution < 1.29 is 9.72 Å². The molecule has 10 heteroatoms. The van der Waals surface area contributed by atoms with Gasteiger partial charge in [-0.05, 0) is 73.5 Å². The topological polar surface area (TPSA) is 108 Å². The first-order valence-corrected chi connectivity index (χ1v) is 12.5. The van der Waals surface area contributed by atoms with Crippen LogP contribution in [0.3, 0.4) is 0 Å². The Morgan fingerprint density at radius 1 is 1.17 bits per heavy atom. The lowest BCUT2D eigenvalue weighted by Gasteiger charge is -2.61. The fourth-order valence-electron chi connectivity index (χ4n) is 7.36. The summed E-state index contributed by atoms with van der Waals surface area (Å²) < 4.78 is 3.64. The van der Waals surface area contributed by atoms with Crippen molar-refractivity contribution in [1.29, 1.82) is 0 Å². The number of benzene rings is 1. The Morgan fingerprint density at radius 3 is 2.60 bits per heavy atom. The van der Waals surface area contributed by atoms with Crippen LogP contribution in [0, 0.1) is 27.4 Å². The molecule has 3 aromatic rings. The highest BCUT2D eigenvalue weighted by atomic mass is 35.5. The molecule has 4 aliphatic rings. The van der Waals surface area contributed by atoms with Gasteiger partial charge in [0.1, 0.15) is 12.4 Å². The van der Waals surface area contributed by atoms with Crippen LogP contribution >= 0.6 is 11.6 Å². The Hall–Kier alpha value is -3.20. The molecule has 9 nitrogen and oxygen atoms in total. The SMILES string of the molecule is O=C(CC12CC3CC(C1)CC(n1cc([N+](=O)[O-])cn1)(C3)C2)Nc1ccn(Cc2ccc(Cl)cc2)n1. The van der Waals surface area contributed by atoms with Crippen LogP contribution in [0.2, 0.25) is 5.02 Å². The first-order valence-electron chi connectivity index (χ1n) is 12.1. The van der Waals surface area contributed by atoms with E-state index in [-0.39, 0.29) is 27.5 Å². The summed E-state index contributed by atoms with van der Waals surface area (Å²) in [6.07, 6.45) is 11.3. The molecule has 2 heterocycles. The van der Waals surface area contributed by atoms with Crippen molar-refractivity contribution in [3.05, 3.63) is 69.6 Å². The van der Waals surface area contributed by atoms with E-state index in [1.165, 1.54) is 12.6 Å². The molecule has 4 saturated carbocycles. The van der Waals surface area contributed by atoms with Crippen LogP contribution in [0.15, 0.2) is 48.9 Å². The number of halogens is 1. The smallest absolute Gasteiger partial charge is 0.307 e. The van der Waals surface area contributed by atoms with Gasteiger partial charge in [-0.25, -0.2) is 0 Å². The van der Waals surface area contributed by atoms with Crippen molar-refractivity contribution >= 4 is 29.0 Å². The van der Waals surface area contributed by atoms with Crippen LogP contribution < -0.4 is 5.32 Å². The molecule has 1 amide bonds. The van der Waals surface area contributed by atoms with Gasteiger partial charge in [0.15, 0.2) is 5.82 Å². The summed E-state index contributed by atoms with van der Waals surface area (Å²) in [4.78, 5) is 24.0. The van der Waals surface area contributed by atoms with E-state index in [0.717, 1.165) is 37.7 Å². The number of carbonyl (C=O) groups excluding carboxylic acids is 1. The van der Waals surface area contributed by atoms with Crippen LogP contribution in [-0.4, -0.2) is 30.4 Å². The highest BCUT2D eigenvalue weighted by Gasteiger charge is 2.59. The van der Waals surface area contributed by atoms with Crippen LogP contribution in [0.25, 0.3) is 0 Å². The van der Waals surface area contributed by atoms with E-state index < -0.39 is 0 Å². The molecule has 0 radical (unpaired) electrons. The van der Waals surface area contributed by atoms with E-state index in [2.05, 4.69) is 15.5 Å². The van der Waals surface area contributed by atoms with E-state index in [1.54, 1.807) is 10.9 Å². The van der Waals surface area contributed by atoms with Crippen LogP contribution in [0.4, 0.5) is 11.5 Å². The molecule has 2 atom stereocenters. The second-order valence-electron chi connectivity index (χ2n) is 10.8. The minimum Gasteiger partial charge on any atom is -0.309 e. The Morgan fingerprint density at radius 2 is 1.91 bits per heavy atom. The first-order chi connectivity index (χ1) is 16.8. The number of aromatic nitrogens is 4. The zero-order chi connectivity index (χ0) is 24.2. The molecule has 0 spiro atoms. The van der Waals surface area contributed by atoms with Crippen molar-refractivity contribution in [2.75, 3.05) is 5.32 Å². The molecule has 4 fully saturated rings. The van der Waals surface area contributed by atoms with Gasteiger partial charge >= 0.3 is 5.69 Å². The maximum atomic E-state index is 13.1. The van der Waals surface area contributed by atoms with Crippen molar-refractivity contribution in [2.24, 2.45) is 17.3 Å². The van der Waals surface area contributed by atoms with Crippen molar-refractivity contribution in [1.82, 2.24) is 19.6 Å². The van der Waals surface area contributed by atoms with Gasteiger partial charge in [0, 0.05) is 23.7 Å². The zero-order valence-electron chi connectivity index (χ0n) is 19.3. The number of nitro groups is 1. The summed E-state index contributed by atoms with van der Waals surface area (Å²) in [5, 5.41) is 23.8. The summed E-state index contributed by atoms with van der Waals surface area (Å²) in [5.41, 5.74) is 0.786. The third kappa shape index (κ3) is 4.22. The van der Waals surface area contributed by atoms with E-state index in [4.69, 9.17) is 11.6 Å². The fourth-order valence-corrected chi connectivity index (χ4v) is 7.49. The van der Waals surface area contributed by atoms with Crippen molar-refractivity contribution in [2.45, 2.75) is 57.0 Å². The lowest BCUT2D eigenvalue weighted by atomic mass is 9.46. The van der Waals surface area contributed by atoms with E-state index in [0.29, 0.717) is 35.6 Å². The molecule has 0 aliphatic heterocycles. The fraction of sp³-hybridized carbons (Fsp3) is 0.480. The number of rotatable bonds is 7. The standard InChI is InChI=1S/C25H27ClN6O3/c26-20-3-1-17(2-4-20)14-30-6-5-22(29-30)28-23(33)12-24-8-18-7-19(9-24)11-25(10-18,16-24)31-15-21(13-27-31)32(34)35/h1-6,13,15,18-19H,7-12,14,16H2,(H,28,29,33). The Kier molecular flexibility index (Phi) is 5.21. The molecule has 4 aliphatic carbocycles. The van der Waals surface area contributed by atoms with Gasteiger partial charge in [-0.2, -0.15) is 10.2 Å². The number of nitrogens with zero attached hydrogens (tertiary/aromatic N) is 5. The second-order valence-corrected chi connectivity index (χ2v) is 11.3. The van der Waals surface area contributed by atoms with Gasteiger partial charge in [-0.15, -0.1) is 0 Å². The largest absolute Gasteiger partial charge is 0.309 e. The van der Waals surface area contributed by atoms with Gasteiger partial charge < -0.3 is 5.32 Å². The van der Waals surface area contributed by atoms with E-state index in [1.807, 2.05) is 41.2 Å². The minimum absolute atomic E-state index is 0.0229. The molecule has 182 valence electrons. The average molecular weight is 495 g/mol. The van der Waals surface area contributed by atoms with Gasteiger partial charge in [0.25, 0.3) is 0 Å². The Bertz CT molecular complexity index is 1270. The highest BCUT2D eigenvalue weighted by molar-refractivity contribution is 6.30. The third-order valence-corrected chi connectivity index (χ3v) is 8.37. The van der Waals surface area contributed by atoms with E-state index in [9.17, 15) is 14.9 Å². The average Bonchev–Trinajstić information content (AvgIpc) is 3.44. The number of hydrogen-bond acceptors (Lipinski definition) is 5. The summed E-state index contributed by atoms with van der Waals surface area (Å²) in [7, 11) is 0.